The van der Waals surface area contributed by atoms with Crippen LogP contribution in [0.2, 0.25) is 5.02 Å². The van der Waals surface area contributed by atoms with E-state index in [2.05, 4.69) is 10.5 Å². The Morgan fingerprint density at radius 3 is 2.87 bits per heavy atom. The van der Waals surface area contributed by atoms with Crippen LogP contribution in [0.15, 0.2) is 23.7 Å². The molecule has 4 nitrogen and oxygen atoms in total. The second-order valence-electron chi connectivity index (χ2n) is 3.11. The van der Waals surface area contributed by atoms with Crippen LogP contribution in [0.4, 0.5) is 0 Å². The fourth-order valence-corrected chi connectivity index (χ4v) is 2.71. The molecule has 2 aromatic heterocycles. The molecule has 80 valence electrons. The van der Waals surface area contributed by atoms with Gasteiger partial charge in [-0.25, -0.2) is 5.43 Å². The second kappa shape index (κ2) is 4.32. The molecule has 15 heavy (non-hydrogen) atoms. The van der Waals surface area contributed by atoms with Crippen molar-refractivity contribution in [3.8, 4) is 0 Å². The zero-order chi connectivity index (χ0) is 10.8. The van der Waals surface area contributed by atoms with Crippen LogP contribution >= 0.6 is 22.9 Å². The molecule has 0 fully saturated rings. The van der Waals surface area contributed by atoms with E-state index >= 15 is 0 Å². The summed E-state index contributed by atoms with van der Waals surface area (Å²) in [6.45, 7) is 0. The number of thiophene rings is 1. The number of hydrogen-bond donors (Lipinski definition) is 2. The van der Waals surface area contributed by atoms with Gasteiger partial charge in [-0.05, 0) is 17.5 Å². The first kappa shape index (κ1) is 10.6. The van der Waals surface area contributed by atoms with Gasteiger partial charge in [0.1, 0.15) is 0 Å². The number of halogens is 1. The lowest BCUT2D eigenvalue weighted by molar-refractivity contribution is 0.582. The van der Waals surface area contributed by atoms with Crippen molar-refractivity contribution >= 4 is 22.9 Å². The molecule has 2 heterocycles. The lowest BCUT2D eigenvalue weighted by atomic mass is 10.2. The molecule has 0 aliphatic carbocycles. The minimum Gasteiger partial charge on any atom is -0.271 e. The maximum absolute atomic E-state index is 6.07. The van der Waals surface area contributed by atoms with Crippen LogP contribution in [0.5, 0.6) is 0 Å². The van der Waals surface area contributed by atoms with Crippen LogP contribution < -0.4 is 11.3 Å². The highest BCUT2D eigenvalue weighted by Gasteiger charge is 2.19. The standard InChI is InChI=1S/C9H11ClN4S/c1-14-7(2-4-12-14)8(13-11)9-6(10)3-5-15-9/h2-5,8,13H,11H2,1H3. The highest BCUT2D eigenvalue weighted by Crippen LogP contribution is 2.31. The first-order valence-electron chi connectivity index (χ1n) is 4.41. The van der Waals surface area contributed by atoms with Gasteiger partial charge in [-0.2, -0.15) is 5.10 Å². The number of rotatable bonds is 3. The van der Waals surface area contributed by atoms with Crippen molar-refractivity contribution in [1.29, 1.82) is 0 Å². The molecule has 0 saturated carbocycles. The quantitative estimate of drug-likeness (QED) is 0.636. The van der Waals surface area contributed by atoms with Gasteiger partial charge >= 0.3 is 0 Å². The van der Waals surface area contributed by atoms with Crippen molar-refractivity contribution in [2.24, 2.45) is 12.9 Å². The van der Waals surface area contributed by atoms with E-state index in [1.165, 1.54) is 0 Å². The Balaban J connectivity index is 2.41. The van der Waals surface area contributed by atoms with Gasteiger partial charge in [0.25, 0.3) is 0 Å². The van der Waals surface area contributed by atoms with Gasteiger partial charge in [0.05, 0.1) is 16.8 Å². The molecule has 2 rings (SSSR count). The van der Waals surface area contributed by atoms with E-state index < -0.39 is 0 Å². The lowest BCUT2D eigenvalue weighted by Crippen LogP contribution is -2.29. The summed E-state index contributed by atoms with van der Waals surface area (Å²) in [6, 6.07) is 3.67. The second-order valence-corrected chi connectivity index (χ2v) is 4.47. The summed E-state index contributed by atoms with van der Waals surface area (Å²) in [5.41, 5.74) is 3.74. The predicted molar refractivity (Wildman–Crippen MR) is 61.7 cm³/mol. The molecule has 1 atom stereocenters. The third kappa shape index (κ3) is 1.91. The van der Waals surface area contributed by atoms with Gasteiger partial charge in [-0.15, -0.1) is 11.3 Å². The van der Waals surface area contributed by atoms with Crippen molar-refractivity contribution in [1.82, 2.24) is 15.2 Å². The zero-order valence-electron chi connectivity index (χ0n) is 8.14. The van der Waals surface area contributed by atoms with Crippen molar-refractivity contribution < 1.29 is 0 Å². The zero-order valence-corrected chi connectivity index (χ0v) is 9.72. The Labute approximate surface area is 96.6 Å². The van der Waals surface area contributed by atoms with Crippen molar-refractivity contribution in [2.45, 2.75) is 6.04 Å². The topological polar surface area (TPSA) is 55.9 Å². The van der Waals surface area contributed by atoms with E-state index in [0.29, 0.717) is 0 Å². The maximum Gasteiger partial charge on any atom is 0.0984 e. The molecule has 1 unspecified atom stereocenters. The largest absolute Gasteiger partial charge is 0.271 e. The molecular formula is C9H11ClN4S. The number of nitrogens with two attached hydrogens (primary N) is 1. The highest BCUT2D eigenvalue weighted by molar-refractivity contribution is 7.10. The summed E-state index contributed by atoms with van der Waals surface area (Å²) in [6.07, 6.45) is 1.74. The Bertz CT molecular complexity index is 410. The molecule has 0 aliphatic rings. The van der Waals surface area contributed by atoms with Gasteiger partial charge in [-0.3, -0.25) is 10.5 Å². The molecule has 6 heteroatoms. The summed E-state index contributed by atoms with van der Waals surface area (Å²) in [5, 5.41) is 6.78. The number of nitrogens with one attached hydrogen (secondary N) is 1. The minimum absolute atomic E-state index is 0.106. The van der Waals surface area contributed by atoms with Crippen LogP contribution in [0.25, 0.3) is 0 Å². The van der Waals surface area contributed by atoms with Crippen molar-refractivity contribution in [3.63, 3.8) is 0 Å². The molecular weight excluding hydrogens is 232 g/mol. The van der Waals surface area contributed by atoms with Gasteiger partial charge in [0, 0.05) is 18.1 Å². The highest BCUT2D eigenvalue weighted by atomic mass is 35.5. The van der Waals surface area contributed by atoms with Gasteiger partial charge in [-0.1, -0.05) is 11.6 Å². The van der Waals surface area contributed by atoms with E-state index in [9.17, 15) is 0 Å². The molecule has 0 bridgehead atoms. The third-order valence-electron chi connectivity index (χ3n) is 2.23. The molecule has 0 aromatic carbocycles. The van der Waals surface area contributed by atoms with Crippen LogP contribution in [0.1, 0.15) is 16.6 Å². The molecule has 2 aromatic rings. The Kier molecular flexibility index (Phi) is 3.06. The van der Waals surface area contributed by atoms with E-state index in [1.54, 1.807) is 22.2 Å². The summed E-state index contributed by atoms with van der Waals surface area (Å²) in [7, 11) is 1.88. The summed E-state index contributed by atoms with van der Waals surface area (Å²) >= 11 is 7.64. The number of aryl methyl sites for hydroxylation is 1. The molecule has 0 amide bonds. The molecule has 0 radical (unpaired) electrons. The lowest BCUT2D eigenvalue weighted by Gasteiger charge is -2.15. The van der Waals surface area contributed by atoms with E-state index in [0.717, 1.165) is 15.6 Å². The monoisotopic (exact) mass is 242 g/mol. The van der Waals surface area contributed by atoms with Gasteiger partial charge in [0.2, 0.25) is 0 Å². The summed E-state index contributed by atoms with van der Waals surface area (Å²) < 4.78 is 1.78. The Hall–Kier alpha value is -0.880. The third-order valence-corrected chi connectivity index (χ3v) is 3.65. The van der Waals surface area contributed by atoms with Crippen LogP contribution in [-0.4, -0.2) is 9.78 Å². The normalized spacial score (nSPS) is 13.0. The minimum atomic E-state index is -0.106. The first-order chi connectivity index (χ1) is 7.24. The number of aromatic nitrogens is 2. The maximum atomic E-state index is 6.07. The Morgan fingerprint density at radius 1 is 1.60 bits per heavy atom. The number of hydrogen-bond acceptors (Lipinski definition) is 4. The van der Waals surface area contributed by atoms with Crippen molar-refractivity contribution in [3.05, 3.63) is 39.3 Å². The Morgan fingerprint density at radius 2 is 2.40 bits per heavy atom. The fourth-order valence-electron chi connectivity index (χ4n) is 1.47. The average Bonchev–Trinajstić information content (AvgIpc) is 2.80. The van der Waals surface area contributed by atoms with E-state index in [1.807, 2.05) is 24.6 Å². The van der Waals surface area contributed by atoms with E-state index in [-0.39, 0.29) is 6.04 Å². The SMILES string of the molecule is Cn1nccc1C(NN)c1sccc1Cl. The molecule has 3 N–H and O–H groups in total. The smallest absolute Gasteiger partial charge is 0.0984 e. The summed E-state index contributed by atoms with van der Waals surface area (Å²) in [4.78, 5) is 1.00. The molecule has 0 saturated heterocycles. The van der Waals surface area contributed by atoms with Gasteiger partial charge in [0.15, 0.2) is 0 Å². The number of hydrazine groups is 1. The van der Waals surface area contributed by atoms with Crippen LogP contribution in [0, 0.1) is 0 Å². The average molecular weight is 243 g/mol. The van der Waals surface area contributed by atoms with Crippen LogP contribution in [0.3, 0.4) is 0 Å². The number of nitrogens with zero attached hydrogens (tertiary/aromatic N) is 2. The summed E-state index contributed by atoms with van der Waals surface area (Å²) in [5.74, 6) is 5.55. The first-order valence-corrected chi connectivity index (χ1v) is 5.66. The van der Waals surface area contributed by atoms with Crippen LogP contribution in [-0.2, 0) is 7.05 Å². The molecule has 0 spiro atoms. The fraction of sp³-hybridized carbons (Fsp3) is 0.222. The molecule has 0 aliphatic heterocycles. The van der Waals surface area contributed by atoms with Crippen molar-refractivity contribution in [2.75, 3.05) is 0 Å². The van der Waals surface area contributed by atoms with E-state index in [4.69, 9.17) is 17.4 Å². The predicted octanol–water partition coefficient (Wildman–Crippen LogP) is 1.69. The van der Waals surface area contributed by atoms with Gasteiger partial charge < -0.3 is 0 Å².